The highest BCUT2D eigenvalue weighted by molar-refractivity contribution is 7.17. The van der Waals surface area contributed by atoms with Crippen molar-refractivity contribution in [3.8, 4) is 0 Å². The van der Waals surface area contributed by atoms with Gasteiger partial charge in [0.05, 0.1) is 18.4 Å². The first-order chi connectivity index (χ1) is 16.7. The number of H-pyrrole nitrogens is 1. The van der Waals surface area contributed by atoms with E-state index in [0.29, 0.717) is 4.88 Å². The number of amides is 1. The largest absolute Gasteiger partial charge is 0.361 e. The summed E-state index contributed by atoms with van der Waals surface area (Å²) in [6.45, 7) is 5.83. The standard InChI is InChI=1S/C26H31N5O2S/c1-3-5-8-18(13-17-14-27-22-10-7-6-9-19(17)22)29-25(32)24-15-28-26(34-24)31-12-11-23-20(16-31)21(4-2)30-33-23/h6-7,9-10,14-15,18,27H,3-5,8,11-13,16H2,1-2H3,(H,29,32). The van der Waals surface area contributed by atoms with Crippen LogP contribution in [0, 0.1) is 0 Å². The lowest BCUT2D eigenvalue weighted by Gasteiger charge is -2.25. The number of aryl methyl sites for hydroxylation is 1. The second-order valence-electron chi connectivity index (χ2n) is 8.94. The molecule has 0 radical (unpaired) electrons. The van der Waals surface area contributed by atoms with Crippen molar-refractivity contribution in [2.75, 3.05) is 11.4 Å². The van der Waals surface area contributed by atoms with Crippen molar-refractivity contribution < 1.29 is 9.32 Å². The number of nitrogens with zero attached hydrogens (tertiary/aromatic N) is 3. The number of benzene rings is 1. The van der Waals surface area contributed by atoms with E-state index in [1.54, 1.807) is 6.20 Å². The molecule has 1 atom stereocenters. The van der Waals surface area contributed by atoms with Crippen LogP contribution >= 0.6 is 11.3 Å². The Hall–Kier alpha value is -3.13. The van der Waals surface area contributed by atoms with Gasteiger partial charge in [0.1, 0.15) is 10.6 Å². The molecule has 0 spiro atoms. The van der Waals surface area contributed by atoms with Crippen LogP contribution in [-0.2, 0) is 25.8 Å². The number of hydrogen-bond donors (Lipinski definition) is 2. The van der Waals surface area contributed by atoms with Gasteiger partial charge in [-0.2, -0.15) is 0 Å². The number of rotatable bonds is 9. The van der Waals surface area contributed by atoms with Crippen LogP contribution in [0.3, 0.4) is 0 Å². The molecule has 2 N–H and O–H groups in total. The van der Waals surface area contributed by atoms with Gasteiger partial charge in [-0.15, -0.1) is 0 Å². The molecule has 0 saturated heterocycles. The second-order valence-corrected chi connectivity index (χ2v) is 9.95. The van der Waals surface area contributed by atoms with Crippen LogP contribution in [0.15, 0.2) is 41.2 Å². The molecule has 4 aromatic rings. The van der Waals surface area contributed by atoms with Crippen LogP contribution in [0.1, 0.15) is 65.4 Å². The van der Waals surface area contributed by atoms with E-state index in [0.717, 1.165) is 73.7 Å². The predicted octanol–water partition coefficient (Wildman–Crippen LogP) is 5.27. The van der Waals surface area contributed by atoms with Crippen molar-refractivity contribution in [2.24, 2.45) is 0 Å². The van der Waals surface area contributed by atoms with Gasteiger partial charge >= 0.3 is 0 Å². The third kappa shape index (κ3) is 4.59. The highest BCUT2D eigenvalue weighted by Crippen LogP contribution is 2.30. The topological polar surface area (TPSA) is 87.0 Å². The van der Waals surface area contributed by atoms with Gasteiger partial charge < -0.3 is 19.7 Å². The third-order valence-electron chi connectivity index (χ3n) is 6.61. The van der Waals surface area contributed by atoms with E-state index in [4.69, 9.17) is 4.52 Å². The minimum absolute atomic E-state index is 0.0402. The molecule has 0 fully saturated rings. The number of thiazole rings is 1. The summed E-state index contributed by atoms with van der Waals surface area (Å²) in [6, 6.07) is 8.40. The van der Waals surface area contributed by atoms with Crippen LogP contribution in [-0.4, -0.2) is 33.6 Å². The summed E-state index contributed by atoms with van der Waals surface area (Å²) in [4.78, 5) is 24.0. The van der Waals surface area contributed by atoms with Crippen molar-refractivity contribution in [2.45, 2.75) is 65.0 Å². The lowest BCUT2D eigenvalue weighted by molar-refractivity contribution is 0.0938. The zero-order valence-corrected chi connectivity index (χ0v) is 20.6. The number of hydrogen-bond acceptors (Lipinski definition) is 6. The fraction of sp³-hybridized carbons (Fsp3) is 0.423. The van der Waals surface area contributed by atoms with Crippen molar-refractivity contribution in [3.05, 3.63) is 64.1 Å². The molecule has 1 aliphatic heterocycles. The number of aromatic amines is 1. The third-order valence-corrected chi connectivity index (χ3v) is 7.67. The first kappa shape index (κ1) is 22.7. The summed E-state index contributed by atoms with van der Waals surface area (Å²) in [6.07, 6.45) is 9.39. The number of carbonyl (C=O) groups excluding carboxylic acids is 1. The molecule has 0 bridgehead atoms. The number of anilines is 1. The fourth-order valence-electron chi connectivity index (χ4n) is 4.72. The van der Waals surface area contributed by atoms with Crippen LogP contribution < -0.4 is 10.2 Å². The van der Waals surface area contributed by atoms with Crippen LogP contribution in [0.25, 0.3) is 10.9 Å². The summed E-state index contributed by atoms with van der Waals surface area (Å²) in [5.41, 5.74) is 4.57. The fourth-order valence-corrected chi connectivity index (χ4v) is 5.56. The Balaban J connectivity index is 1.28. The molecule has 1 unspecified atom stereocenters. The zero-order valence-electron chi connectivity index (χ0n) is 19.8. The smallest absolute Gasteiger partial charge is 0.263 e. The first-order valence-corrected chi connectivity index (χ1v) is 13.0. The molecule has 34 heavy (non-hydrogen) atoms. The van der Waals surface area contributed by atoms with Crippen LogP contribution in [0.4, 0.5) is 5.13 Å². The van der Waals surface area contributed by atoms with E-state index in [-0.39, 0.29) is 11.9 Å². The molecular weight excluding hydrogens is 446 g/mol. The van der Waals surface area contributed by atoms with Gasteiger partial charge in [0.25, 0.3) is 5.91 Å². The molecule has 1 aromatic carbocycles. The summed E-state index contributed by atoms with van der Waals surface area (Å²) in [5.74, 6) is 0.945. The zero-order chi connectivity index (χ0) is 23.5. The van der Waals surface area contributed by atoms with Crippen molar-refractivity contribution in [3.63, 3.8) is 0 Å². The Bertz CT molecular complexity index is 1260. The maximum atomic E-state index is 13.2. The lowest BCUT2D eigenvalue weighted by Crippen LogP contribution is -2.36. The second kappa shape index (κ2) is 10.0. The average molecular weight is 478 g/mol. The van der Waals surface area contributed by atoms with Crippen molar-refractivity contribution in [1.82, 2.24) is 20.4 Å². The molecule has 178 valence electrons. The number of nitrogens with one attached hydrogen (secondary N) is 2. The van der Waals surface area contributed by atoms with Gasteiger partial charge in [-0.1, -0.05) is 61.4 Å². The number of unbranched alkanes of at least 4 members (excludes halogenated alkanes) is 1. The molecule has 4 heterocycles. The average Bonchev–Trinajstić information content (AvgIpc) is 3.60. The number of para-hydroxylation sites is 1. The molecule has 8 heteroatoms. The predicted molar refractivity (Wildman–Crippen MR) is 136 cm³/mol. The summed E-state index contributed by atoms with van der Waals surface area (Å²) >= 11 is 1.46. The Morgan fingerprint density at radius 2 is 2.21 bits per heavy atom. The van der Waals surface area contributed by atoms with E-state index >= 15 is 0 Å². The maximum absolute atomic E-state index is 13.2. The summed E-state index contributed by atoms with van der Waals surface area (Å²) in [5, 5.41) is 9.59. The summed E-state index contributed by atoms with van der Waals surface area (Å²) in [7, 11) is 0. The minimum Gasteiger partial charge on any atom is -0.361 e. The number of carbonyl (C=O) groups is 1. The molecule has 0 aliphatic carbocycles. The lowest BCUT2D eigenvalue weighted by atomic mass is 10.0. The maximum Gasteiger partial charge on any atom is 0.263 e. The SMILES string of the molecule is CCCCC(Cc1c[nH]c2ccccc12)NC(=O)c1cnc(N2CCc3onc(CC)c3C2)s1. The van der Waals surface area contributed by atoms with E-state index < -0.39 is 0 Å². The van der Waals surface area contributed by atoms with E-state index in [1.165, 1.54) is 27.8 Å². The van der Waals surface area contributed by atoms with Gasteiger partial charge in [0, 0.05) is 41.7 Å². The van der Waals surface area contributed by atoms with E-state index in [1.807, 2.05) is 6.07 Å². The molecule has 0 saturated carbocycles. The Morgan fingerprint density at radius 1 is 1.32 bits per heavy atom. The van der Waals surface area contributed by atoms with Gasteiger partial charge in [0.15, 0.2) is 5.13 Å². The minimum atomic E-state index is -0.0402. The van der Waals surface area contributed by atoms with Crippen LogP contribution in [0.5, 0.6) is 0 Å². The Morgan fingerprint density at radius 3 is 3.06 bits per heavy atom. The van der Waals surface area contributed by atoms with Crippen molar-refractivity contribution in [1.29, 1.82) is 0 Å². The van der Waals surface area contributed by atoms with Gasteiger partial charge in [-0.3, -0.25) is 4.79 Å². The molecular formula is C26H31N5O2S. The quantitative estimate of drug-likeness (QED) is 0.343. The molecule has 7 nitrogen and oxygen atoms in total. The normalized spacial score (nSPS) is 14.4. The number of fused-ring (bicyclic) bond motifs is 2. The highest BCUT2D eigenvalue weighted by Gasteiger charge is 2.26. The Kier molecular flexibility index (Phi) is 6.67. The van der Waals surface area contributed by atoms with Crippen molar-refractivity contribution >= 4 is 33.3 Å². The monoisotopic (exact) mass is 477 g/mol. The Labute approximate surface area is 203 Å². The van der Waals surface area contributed by atoms with Gasteiger partial charge in [-0.05, 0) is 30.9 Å². The first-order valence-electron chi connectivity index (χ1n) is 12.2. The molecule has 1 aliphatic rings. The van der Waals surface area contributed by atoms with E-state index in [2.05, 4.69) is 63.6 Å². The highest BCUT2D eigenvalue weighted by atomic mass is 32.1. The van der Waals surface area contributed by atoms with Gasteiger partial charge in [-0.25, -0.2) is 4.98 Å². The summed E-state index contributed by atoms with van der Waals surface area (Å²) < 4.78 is 5.49. The van der Waals surface area contributed by atoms with Gasteiger partial charge in [0.2, 0.25) is 0 Å². The van der Waals surface area contributed by atoms with Crippen LogP contribution in [0.2, 0.25) is 0 Å². The molecule has 5 rings (SSSR count). The molecule has 1 amide bonds. The molecule has 3 aromatic heterocycles. The number of aromatic nitrogens is 3. The van der Waals surface area contributed by atoms with E-state index in [9.17, 15) is 4.79 Å².